The summed E-state index contributed by atoms with van der Waals surface area (Å²) in [5.41, 5.74) is -1.56. The Morgan fingerprint density at radius 1 is 1.03 bits per heavy atom. The number of benzene rings is 2. The number of alkyl halides is 3. The van der Waals surface area contributed by atoms with Crippen molar-refractivity contribution in [3.05, 3.63) is 59.2 Å². The number of Topliss-reactive ketones (excluding diaryl/α,β-unsaturated/α-hetero) is 1. The lowest BCUT2D eigenvalue weighted by atomic mass is 9.67. The molecule has 4 nitrogen and oxygen atoms in total. The zero-order valence-corrected chi connectivity index (χ0v) is 17.0. The fourth-order valence-electron chi connectivity index (χ4n) is 4.68. The van der Waals surface area contributed by atoms with Crippen LogP contribution in [0.3, 0.4) is 0 Å². The predicted octanol–water partition coefficient (Wildman–Crippen LogP) is 4.66. The fourth-order valence-corrected chi connectivity index (χ4v) is 7.10. The van der Waals surface area contributed by atoms with Crippen LogP contribution >= 0.6 is 0 Å². The predicted molar refractivity (Wildman–Crippen MR) is 99.1 cm³/mol. The zero-order chi connectivity index (χ0) is 22.8. The Kier molecular flexibility index (Phi) is 4.92. The third-order valence-corrected chi connectivity index (χ3v) is 8.88. The van der Waals surface area contributed by atoms with Crippen molar-refractivity contribution < 1.29 is 39.9 Å². The van der Waals surface area contributed by atoms with Crippen LogP contribution in [0.5, 0.6) is 5.75 Å². The maximum atomic E-state index is 15.0. The van der Waals surface area contributed by atoms with E-state index in [-0.39, 0.29) is 25.2 Å². The highest BCUT2D eigenvalue weighted by atomic mass is 32.2. The van der Waals surface area contributed by atoms with E-state index in [4.69, 9.17) is 4.74 Å². The minimum atomic E-state index is -4.67. The molecule has 0 radical (unpaired) electrons. The zero-order valence-electron chi connectivity index (χ0n) is 16.2. The van der Waals surface area contributed by atoms with Crippen molar-refractivity contribution in [3.8, 4) is 5.75 Å². The number of carbonyl (C=O) groups is 1. The first-order valence-corrected chi connectivity index (χ1v) is 11.0. The number of hydrogen-bond acceptors (Lipinski definition) is 4. The van der Waals surface area contributed by atoms with Crippen LogP contribution in [-0.4, -0.2) is 20.8 Å². The van der Waals surface area contributed by atoms with E-state index in [1.54, 1.807) is 0 Å². The van der Waals surface area contributed by atoms with Gasteiger partial charge in [-0.05, 0) is 42.8 Å². The average molecular weight is 460 g/mol. The Morgan fingerprint density at radius 3 is 2.26 bits per heavy atom. The molecule has 1 aliphatic carbocycles. The number of hydrogen-bond donors (Lipinski definition) is 0. The summed E-state index contributed by atoms with van der Waals surface area (Å²) in [6.07, 6.45) is -5.21. The molecule has 0 bridgehead atoms. The molecule has 1 aliphatic heterocycles. The summed E-state index contributed by atoms with van der Waals surface area (Å²) < 4.78 is 99.3. The second kappa shape index (κ2) is 7.01. The third kappa shape index (κ3) is 3.06. The number of carbonyl (C=O) groups excluding carboxylic acids is 1. The number of fused-ring (bicyclic) bond motifs is 3. The van der Waals surface area contributed by atoms with Gasteiger partial charge in [-0.3, -0.25) is 4.79 Å². The summed E-state index contributed by atoms with van der Waals surface area (Å²) in [6.45, 7) is 1.15. The quantitative estimate of drug-likeness (QED) is 0.612. The fraction of sp³-hybridized carbons (Fsp3) is 0.381. The van der Waals surface area contributed by atoms with Gasteiger partial charge in [0.15, 0.2) is 21.4 Å². The third-order valence-electron chi connectivity index (χ3n) is 6.31. The molecule has 3 atom stereocenters. The number of rotatable bonds is 2. The van der Waals surface area contributed by atoms with Crippen LogP contribution in [0.1, 0.15) is 30.9 Å². The summed E-state index contributed by atoms with van der Waals surface area (Å²) in [5, 5.41) is 0. The van der Waals surface area contributed by atoms with Gasteiger partial charge in [0.2, 0.25) is 0 Å². The highest BCUT2D eigenvalue weighted by Crippen LogP contribution is 2.57. The van der Waals surface area contributed by atoms with Gasteiger partial charge >= 0.3 is 6.18 Å². The van der Waals surface area contributed by atoms with Crippen molar-refractivity contribution >= 4 is 15.6 Å². The van der Waals surface area contributed by atoms with Crippen molar-refractivity contribution in [2.45, 2.75) is 35.6 Å². The van der Waals surface area contributed by atoms with Crippen LogP contribution in [0, 0.1) is 23.5 Å². The molecule has 3 unspecified atom stereocenters. The van der Waals surface area contributed by atoms with Crippen LogP contribution in [0.4, 0.5) is 22.0 Å². The number of ether oxygens (including phenoxy) is 1. The summed E-state index contributed by atoms with van der Waals surface area (Å²) in [6, 6.07) is 4.44. The first-order valence-electron chi connectivity index (χ1n) is 9.47. The normalized spacial score (nSPS) is 26.1. The molecule has 2 aliphatic rings. The van der Waals surface area contributed by atoms with Gasteiger partial charge in [-0.25, -0.2) is 17.2 Å². The minimum absolute atomic E-state index is 0.201. The maximum Gasteiger partial charge on any atom is 0.416 e. The number of sulfone groups is 1. The Hall–Kier alpha value is -2.49. The van der Waals surface area contributed by atoms with Crippen LogP contribution in [0.25, 0.3) is 0 Å². The van der Waals surface area contributed by atoms with Gasteiger partial charge in [-0.2, -0.15) is 13.2 Å². The molecular weight excluding hydrogens is 443 g/mol. The SMILES string of the molecule is CC1C(=O)CCC2(S(=O)(=O)c3ccc(C(F)(F)F)cc3)c3c(F)ccc(F)c3OCC12. The van der Waals surface area contributed by atoms with E-state index in [2.05, 4.69) is 0 Å². The van der Waals surface area contributed by atoms with E-state index in [1.165, 1.54) is 6.92 Å². The van der Waals surface area contributed by atoms with Crippen molar-refractivity contribution in [2.75, 3.05) is 6.61 Å². The molecule has 1 saturated carbocycles. The standard InChI is InChI=1S/C21H17F5O4S/c1-11-14-10-30-19-16(23)7-6-15(22)18(19)20(14,9-8-17(11)27)31(28,29)13-4-2-12(3-5-13)21(24,25)26/h2-7,11,14H,8-10H2,1H3. The monoisotopic (exact) mass is 460 g/mol. The Labute approximate surface area is 174 Å². The highest BCUT2D eigenvalue weighted by molar-refractivity contribution is 7.92. The Bertz CT molecular complexity index is 1160. The average Bonchev–Trinajstić information content (AvgIpc) is 2.72. The molecule has 4 rings (SSSR count). The summed E-state index contributed by atoms with van der Waals surface area (Å²) in [4.78, 5) is 11.9. The smallest absolute Gasteiger partial charge is 0.416 e. The minimum Gasteiger partial charge on any atom is -0.490 e. The first kappa shape index (κ1) is 21.7. The topological polar surface area (TPSA) is 60.4 Å². The van der Waals surface area contributed by atoms with E-state index in [1.807, 2.05) is 0 Å². The van der Waals surface area contributed by atoms with Gasteiger partial charge in [-0.1, -0.05) is 6.92 Å². The second-order valence-corrected chi connectivity index (χ2v) is 10.0. The second-order valence-electron chi connectivity index (χ2n) is 7.82. The van der Waals surface area contributed by atoms with E-state index in [0.717, 1.165) is 24.3 Å². The Balaban J connectivity index is 1.99. The molecule has 0 saturated heterocycles. The molecule has 166 valence electrons. The highest BCUT2D eigenvalue weighted by Gasteiger charge is 2.61. The van der Waals surface area contributed by atoms with Gasteiger partial charge in [0.05, 0.1) is 22.6 Å². The van der Waals surface area contributed by atoms with E-state index < -0.39 is 66.0 Å². The van der Waals surface area contributed by atoms with Gasteiger partial charge in [0.1, 0.15) is 16.3 Å². The van der Waals surface area contributed by atoms with Crippen LogP contribution in [0.2, 0.25) is 0 Å². The van der Waals surface area contributed by atoms with Gasteiger partial charge in [0.25, 0.3) is 0 Å². The maximum absolute atomic E-state index is 15.0. The number of halogens is 5. The lowest BCUT2D eigenvalue weighted by Gasteiger charge is -2.49. The molecule has 0 aromatic heterocycles. The van der Waals surface area contributed by atoms with E-state index in [0.29, 0.717) is 12.1 Å². The molecule has 0 amide bonds. The van der Waals surface area contributed by atoms with Crippen molar-refractivity contribution in [2.24, 2.45) is 11.8 Å². The summed E-state index contributed by atoms with van der Waals surface area (Å²) in [7, 11) is -4.56. The molecule has 2 aromatic rings. The van der Waals surface area contributed by atoms with Gasteiger partial charge in [0, 0.05) is 18.3 Å². The molecule has 31 heavy (non-hydrogen) atoms. The van der Waals surface area contributed by atoms with Crippen molar-refractivity contribution in [1.29, 1.82) is 0 Å². The molecule has 0 N–H and O–H groups in total. The van der Waals surface area contributed by atoms with E-state index in [9.17, 15) is 30.8 Å². The van der Waals surface area contributed by atoms with Gasteiger partial charge in [-0.15, -0.1) is 0 Å². The summed E-state index contributed by atoms with van der Waals surface area (Å²) >= 11 is 0. The van der Waals surface area contributed by atoms with Crippen LogP contribution < -0.4 is 4.74 Å². The molecule has 1 heterocycles. The number of ketones is 1. The van der Waals surface area contributed by atoms with Crippen molar-refractivity contribution in [3.63, 3.8) is 0 Å². The molecule has 1 fully saturated rings. The van der Waals surface area contributed by atoms with Crippen molar-refractivity contribution in [1.82, 2.24) is 0 Å². The molecule has 0 spiro atoms. The summed E-state index contributed by atoms with van der Waals surface area (Å²) in [5.74, 6) is -4.64. The molecular formula is C21H17F5O4S. The lowest BCUT2D eigenvalue weighted by molar-refractivity contribution is -0.137. The largest absolute Gasteiger partial charge is 0.490 e. The van der Waals surface area contributed by atoms with Crippen LogP contribution in [-0.2, 0) is 25.6 Å². The molecule has 2 aromatic carbocycles. The first-order chi connectivity index (χ1) is 14.4. The molecule has 10 heteroatoms. The van der Waals surface area contributed by atoms with E-state index >= 15 is 4.39 Å². The lowest BCUT2D eigenvalue weighted by Crippen LogP contribution is -2.55. The van der Waals surface area contributed by atoms with Crippen LogP contribution in [0.15, 0.2) is 41.3 Å². The Morgan fingerprint density at radius 2 is 1.65 bits per heavy atom. The van der Waals surface area contributed by atoms with Gasteiger partial charge < -0.3 is 4.74 Å².